The number of hydrogen-bond acceptors (Lipinski definition) is 6. The molecule has 2 saturated heterocycles. The van der Waals surface area contributed by atoms with Crippen LogP contribution in [0.2, 0.25) is 0 Å². The summed E-state index contributed by atoms with van der Waals surface area (Å²) in [4.78, 5) is 16.4. The van der Waals surface area contributed by atoms with Crippen LogP contribution in [0.4, 0.5) is 0 Å². The Kier molecular flexibility index (Phi) is 5.23. The number of rotatable bonds is 7. The molecule has 28 heavy (non-hydrogen) atoms. The SMILES string of the molecule is CC[C@@]1(CCN=[N+]=[N-])O[C@@H]2[C@@H](OC3NC(=O)C=CN32)C1OCc1ccccc1. The Labute approximate surface area is 162 Å². The Hall–Kier alpha value is -2.58. The van der Waals surface area contributed by atoms with Crippen molar-refractivity contribution in [3.63, 3.8) is 0 Å². The lowest BCUT2D eigenvalue weighted by Crippen LogP contribution is -2.51. The standard InChI is InChI=1S/C19H23N5O4/c1-2-19(9-10-21-23-20)16(26-12-13-6-4-3-5-7-13)15-17(28-19)24-11-8-14(25)22-18(24)27-15/h3-8,11,15-18H,2,9-10,12H2,1H3,(H,22,25)/t15-,16?,17+,18?,19-/m0/s1. The summed E-state index contributed by atoms with van der Waals surface area (Å²) in [5.74, 6) is -0.201. The van der Waals surface area contributed by atoms with Gasteiger partial charge in [0.05, 0.1) is 12.2 Å². The summed E-state index contributed by atoms with van der Waals surface area (Å²) >= 11 is 0. The van der Waals surface area contributed by atoms with Crippen molar-refractivity contribution in [1.82, 2.24) is 10.2 Å². The van der Waals surface area contributed by atoms with Gasteiger partial charge in [-0.2, -0.15) is 0 Å². The van der Waals surface area contributed by atoms with E-state index in [-0.39, 0.29) is 24.3 Å². The third-order valence-electron chi connectivity index (χ3n) is 5.54. The van der Waals surface area contributed by atoms with Crippen LogP contribution in [0.3, 0.4) is 0 Å². The minimum absolute atomic E-state index is 0.201. The van der Waals surface area contributed by atoms with Crippen molar-refractivity contribution in [3.8, 4) is 0 Å². The molecule has 1 aromatic rings. The second-order valence-corrected chi connectivity index (χ2v) is 7.07. The molecule has 9 heteroatoms. The van der Waals surface area contributed by atoms with Crippen LogP contribution in [0.15, 0.2) is 47.7 Å². The Balaban J connectivity index is 1.58. The van der Waals surface area contributed by atoms with Crippen LogP contribution in [-0.4, -0.2) is 47.7 Å². The van der Waals surface area contributed by atoms with Crippen molar-refractivity contribution in [2.24, 2.45) is 5.11 Å². The first kappa shape index (κ1) is 18.8. The predicted molar refractivity (Wildman–Crippen MR) is 99.3 cm³/mol. The third-order valence-corrected chi connectivity index (χ3v) is 5.54. The quantitative estimate of drug-likeness (QED) is 0.440. The molecule has 0 aliphatic carbocycles. The van der Waals surface area contributed by atoms with Gasteiger partial charge in [0, 0.05) is 23.7 Å². The summed E-state index contributed by atoms with van der Waals surface area (Å²) in [5.41, 5.74) is 9.07. The fourth-order valence-electron chi connectivity index (χ4n) is 4.09. The average molecular weight is 385 g/mol. The van der Waals surface area contributed by atoms with Gasteiger partial charge in [-0.05, 0) is 23.9 Å². The van der Waals surface area contributed by atoms with Crippen LogP contribution < -0.4 is 5.32 Å². The second kappa shape index (κ2) is 7.81. The van der Waals surface area contributed by atoms with E-state index in [1.807, 2.05) is 42.2 Å². The van der Waals surface area contributed by atoms with Gasteiger partial charge in [-0.3, -0.25) is 4.79 Å². The maximum Gasteiger partial charge on any atom is 0.248 e. The van der Waals surface area contributed by atoms with Crippen LogP contribution in [0, 0.1) is 0 Å². The molecular weight excluding hydrogens is 362 g/mol. The second-order valence-electron chi connectivity index (χ2n) is 7.07. The molecule has 0 radical (unpaired) electrons. The average Bonchev–Trinajstić information content (AvgIpc) is 3.20. The summed E-state index contributed by atoms with van der Waals surface area (Å²) in [6, 6.07) is 9.90. The van der Waals surface area contributed by atoms with Crippen molar-refractivity contribution in [2.75, 3.05) is 6.54 Å². The van der Waals surface area contributed by atoms with Crippen molar-refractivity contribution in [1.29, 1.82) is 0 Å². The highest BCUT2D eigenvalue weighted by Gasteiger charge is 2.61. The maximum absolute atomic E-state index is 11.7. The van der Waals surface area contributed by atoms with Gasteiger partial charge in [0.2, 0.25) is 12.3 Å². The summed E-state index contributed by atoms with van der Waals surface area (Å²) < 4.78 is 18.9. The largest absolute Gasteiger partial charge is 0.368 e. The van der Waals surface area contributed by atoms with Gasteiger partial charge in [0.15, 0.2) is 6.23 Å². The van der Waals surface area contributed by atoms with E-state index in [2.05, 4.69) is 15.3 Å². The number of carbonyl (C=O) groups excluding carboxylic acids is 1. The smallest absolute Gasteiger partial charge is 0.248 e. The van der Waals surface area contributed by atoms with Crippen LogP contribution >= 0.6 is 0 Å². The van der Waals surface area contributed by atoms with Crippen molar-refractivity contribution < 1.29 is 19.0 Å². The number of hydrogen-bond donors (Lipinski definition) is 1. The van der Waals surface area contributed by atoms with Crippen molar-refractivity contribution in [3.05, 3.63) is 58.6 Å². The van der Waals surface area contributed by atoms with E-state index < -0.39 is 12.0 Å². The lowest BCUT2D eigenvalue weighted by molar-refractivity contribution is -0.168. The lowest BCUT2D eigenvalue weighted by atomic mass is 9.88. The molecule has 1 amide bonds. The topological polar surface area (TPSA) is 109 Å². The monoisotopic (exact) mass is 385 g/mol. The number of carbonyl (C=O) groups is 1. The zero-order chi connectivity index (χ0) is 19.6. The third kappa shape index (κ3) is 3.33. The molecule has 0 bridgehead atoms. The summed E-state index contributed by atoms with van der Waals surface area (Å²) in [6.45, 7) is 2.75. The molecule has 3 aliphatic rings. The van der Waals surface area contributed by atoms with E-state index in [0.29, 0.717) is 26.0 Å². The molecule has 148 valence electrons. The molecule has 9 nitrogen and oxygen atoms in total. The van der Waals surface area contributed by atoms with Crippen LogP contribution in [0.1, 0.15) is 25.3 Å². The van der Waals surface area contributed by atoms with Gasteiger partial charge in [0.25, 0.3) is 0 Å². The van der Waals surface area contributed by atoms with Gasteiger partial charge in [-0.15, -0.1) is 0 Å². The van der Waals surface area contributed by atoms with Gasteiger partial charge >= 0.3 is 0 Å². The first-order valence-corrected chi connectivity index (χ1v) is 9.43. The fraction of sp³-hybridized carbons (Fsp3) is 0.526. The van der Waals surface area contributed by atoms with Crippen molar-refractivity contribution >= 4 is 5.91 Å². The molecule has 3 heterocycles. The first-order chi connectivity index (χ1) is 13.7. The highest BCUT2D eigenvalue weighted by Crippen LogP contribution is 2.45. The van der Waals surface area contributed by atoms with Gasteiger partial charge in [-0.25, -0.2) is 0 Å². The fourth-order valence-corrected chi connectivity index (χ4v) is 4.09. The molecule has 0 saturated carbocycles. The Morgan fingerprint density at radius 3 is 2.96 bits per heavy atom. The molecule has 4 rings (SSSR count). The highest BCUT2D eigenvalue weighted by molar-refractivity contribution is 5.88. The summed E-state index contributed by atoms with van der Waals surface area (Å²) in [5, 5.41) is 6.46. The number of fused-ring (bicyclic) bond motifs is 3. The molecule has 3 aliphatic heterocycles. The number of ether oxygens (including phenoxy) is 3. The molecule has 0 aromatic heterocycles. The lowest BCUT2D eigenvalue weighted by Gasteiger charge is -2.37. The Morgan fingerprint density at radius 2 is 2.21 bits per heavy atom. The number of nitrogens with one attached hydrogen (secondary N) is 1. The van der Waals surface area contributed by atoms with E-state index in [1.54, 1.807) is 6.20 Å². The zero-order valence-corrected chi connectivity index (χ0v) is 15.6. The van der Waals surface area contributed by atoms with E-state index in [4.69, 9.17) is 19.7 Å². The predicted octanol–water partition coefficient (Wildman–Crippen LogP) is 2.41. The molecular formula is C19H23N5O4. The Bertz CT molecular complexity index is 797. The summed E-state index contributed by atoms with van der Waals surface area (Å²) in [6.07, 6.45) is 2.67. The molecule has 2 unspecified atom stereocenters. The number of azide groups is 1. The molecule has 1 aromatic carbocycles. The Morgan fingerprint density at radius 1 is 1.39 bits per heavy atom. The van der Waals surface area contributed by atoms with E-state index >= 15 is 0 Å². The van der Waals surface area contributed by atoms with Gasteiger partial charge in [0.1, 0.15) is 12.2 Å². The number of benzene rings is 1. The highest BCUT2D eigenvalue weighted by atomic mass is 16.7. The number of nitrogens with zero attached hydrogens (tertiary/aromatic N) is 4. The first-order valence-electron chi connectivity index (χ1n) is 9.43. The molecule has 2 fully saturated rings. The summed E-state index contributed by atoms with van der Waals surface area (Å²) in [7, 11) is 0. The van der Waals surface area contributed by atoms with Crippen LogP contribution in [0.25, 0.3) is 10.4 Å². The number of amides is 1. The van der Waals surface area contributed by atoms with Gasteiger partial charge in [-0.1, -0.05) is 42.4 Å². The van der Waals surface area contributed by atoms with Crippen LogP contribution in [0.5, 0.6) is 0 Å². The maximum atomic E-state index is 11.7. The minimum Gasteiger partial charge on any atom is -0.368 e. The van der Waals surface area contributed by atoms with E-state index in [9.17, 15) is 4.79 Å². The molecule has 0 spiro atoms. The molecule has 5 atom stereocenters. The van der Waals surface area contributed by atoms with Crippen LogP contribution in [-0.2, 0) is 25.6 Å². The molecule has 1 N–H and O–H groups in total. The normalized spacial score (nSPS) is 33.2. The minimum atomic E-state index is -0.640. The zero-order valence-electron chi connectivity index (χ0n) is 15.6. The van der Waals surface area contributed by atoms with Gasteiger partial charge < -0.3 is 24.4 Å². The van der Waals surface area contributed by atoms with Crippen molar-refractivity contribution in [2.45, 2.75) is 56.8 Å². The van der Waals surface area contributed by atoms with E-state index in [0.717, 1.165) is 5.56 Å². The van der Waals surface area contributed by atoms with E-state index in [1.165, 1.54) is 6.08 Å².